The van der Waals surface area contributed by atoms with E-state index in [0.717, 1.165) is 12.2 Å². The second-order valence-electron chi connectivity index (χ2n) is 6.32. The zero-order valence-electron chi connectivity index (χ0n) is 15.9. The van der Waals surface area contributed by atoms with Gasteiger partial charge in [-0.3, -0.25) is 4.79 Å². The van der Waals surface area contributed by atoms with Gasteiger partial charge in [-0.2, -0.15) is 0 Å². The van der Waals surface area contributed by atoms with E-state index < -0.39 is 0 Å². The first-order valence-electron chi connectivity index (χ1n) is 9.65. The number of hydrogen-bond donors (Lipinski definition) is 0. The van der Waals surface area contributed by atoms with Crippen molar-refractivity contribution in [3.63, 3.8) is 0 Å². The zero-order chi connectivity index (χ0) is 18.2. The molecule has 4 heteroatoms. The molecule has 1 aromatic carbocycles. The Kier molecular flexibility index (Phi) is 12.7. The van der Waals surface area contributed by atoms with Crippen molar-refractivity contribution in [2.24, 2.45) is 0 Å². The first-order valence-corrected chi connectivity index (χ1v) is 9.65. The maximum atomic E-state index is 10.6. The van der Waals surface area contributed by atoms with E-state index in [1.165, 1.54) is 57.4 Å². The summed E-state index contributed by atoms with van der Waals surface area (Å²) < 4.78 is 15.7. The molecule has 0 saturated carbocycles. The third-order valence-corrected chi connectivity index (χ3v) is 4.02. The van der Waals surface area contributed by atoms with Crippen molar-refractivity contribution in [3.05, 3.63) is 29.8 Å². The first-order chi connectivity index (χ1) is 12.2. The number of rotatable bonds is 15. The van der Waals surface area contributed by atoms with Gasteiger partial charge in [0.1, 0.15) is 19.0 Å². The Morgan fingerprint density at radius 1 is 0.840 bits per heavy atom. The van der Waals surface area contributed by atoms with Crippen LogP contribution in [0.15, 0.2) is 24.3 Å². The van der Waals surface area contributed by atoms with Crippen LogP contribution in [0.2, 0.25) is 0 Å². The molecule has 0 spiro atoms. The van der Waals surface area contributed by atoms with Crippen molar-refractivity contribution in [3.8, 4) is 5.75 Å². The van der Waals surface area contributed by atoms with Crippen molar-refractivity contribution in [2.45, 2.75) is 65.2 Å². The highest BCUT2D eigenvalue weighted by Crippen LogP contribution is 2.15. The predicted octanol–water partition coefficient (Wildman–Crippen LogP) is 4.94. The monoisotopic (exact) mass is 350 g/mol. The van der Waals surface area contributed by atoms with Crippen molar-refractivity contribution < 1.29 is 19.0 Å². The number of benzene rings is 1. The molecule has 0 aromatic heterocycles. The fourth-order valence-electron chi connectivity index (χ4n) is 2.60. The number of ether oxygens (including phenoxy) is 3. The fourth-order valence-corrected chi connectivity index (χ4v) is 2.60. The number of carbonyl (C=O) groups is 1. The molecule has 0 radical (unpaired) electrons. The fraction of sp³-hybridized carbons (Fsp3) is 0.667. The van der Waals surface area contributed by atoms with E-state index in [-0.39, 0.29) is 5.97 Å². The van der Waals surface area contributed by atoms with Crippen LogP contribution in [-0.2, 0) is 20.7 Å². The number of esters is 1. The van der Waals surface area contributed by atoms with E-state index in [1.807, 2.05) is 12.1 Å². The number of hydrogen-bond acceptors (Lipinski definition) is 4. The van der Waals surface area contributed by atoms with Gasteiger partial charge in [0.05, 0.1) is 13.2 Å². The highest BCUT2D eigenvalue weighted by atomic mass is 16.6. The molecule has 0 fully saturated rings. The van der Waals surface area contributed by atoms with Gasteiger partial charge < -0.3 is 14.2 Å². The second-order valence-corrected chi connectivity index (χ2v) is 6.32. The van der Waals surface area contributed by atoms with Crippen LogP contribution in [0.5, 0.6) is 5.75 Å². The highest BCUT2D eigenvalue weighted by Gasteiger charge is 1.98. The minimum absolute atomic E-state index is 0.281. The molecule has 142 valence electrons. The SMILES string of the molecule is CCCCCCCCCc1ccc(OCCOCCOC(C)=O)cc1. The Bertz CT molecular complexity index is 442. The topological polar surface area (TPSA) is 44.8 Å². The molecule has 0 N–H and O–H groups in total. The van der Waals surface area contributed by atoms with Crippen LogP contribution in [0, 0.1) is 0 Å². The lowest BCUT2D eigenvalue weighted by Gasteiger charge is -2.08. The third-order valence-electron chi connectivity index (χ3n) is 4.02. The second kappa shape index (κ2) is 14.8. The van der Waals surface area contributed by atoms with E-state index in [0.29, 0.717) is 26.4 Å². The third kappa shape index (κ3) is 12.5. The van der Waals surface area contributed by atoms with Crippen LogP contribution in [0.4, 0.5) is 0 Å². The maximum Gasteiger partial charge on any atom is 0.302 e. The Hall–Kier alpha value is -1.55. The lowest BCUT2D eigenvalue weighted by Crippen LogP contribution is -2.12. The summed E-state index contributed by atoms with van der Waals surface area (Å²) in [6, 6.07) is 8.34. The van der Waals surface area contributed by atoms with Crippen molar-refractivity contribution >= 4 is 5.97 Å². The van der Waals surface area contributed by atoms with Crippen LogP contribution >= 0.6 is 0 Å². The van der Waals surface area contributed by atoms with Crippen LogP contribution < -0.4 is 4.74 Å². The molecule has 4 nitrogen and oxygen atoms in total. The Balaban J connectivity index is 2.02. The summed E-state index contributed by atoms with van der Waals surface area (Å²) in [5.41, 5.74) is 1.37. The summed E-state index contributed by atoms with van der Waals surface area (Å²) in [6.45, 7) is 5.33. The van der Waals surface area contributed by atoms with Gasteiger partial charge >= 0.3 is 5.97 Å². The lowest BCUT2D eigenvalue weighted by molar-refractivity contribution is -0.142. The molecule has 0 saturated heterocycles. The summed E-state index contributed by atoms with van der Waals surface area (Å²) in [6.07, 6.45) is 10.5. The van der Waals surface area contributed by atoms with E-state index >= 15 is 0 Å². The van der Waals surface area contributed by atoms with Crippen LogP contribution in [0.1, 0.15) is 64.4 Å². The summed E-state index contributed by atoms with van der Waals surface area (Å²) >= 11 is 0. The number of unbranched alkanes of at least 4 members (excludes halogenated alkanes) is 6. The van der Waals surface area contributed by atoms with Crippen molar-refractivity contribution in [1.29, 1.82) is 0 Å². The molecule has 25 heavy (non-hydrogen) atoms. The smallest absolute Gasteiger partial charge is 0.302 e. The minimum atomic E-state index is -0.281. The quantitative estimate of drug-likeness (QED) is 0.332. The molecular weight excluding hydrogens is 316 g/mol. The van der Waals surface area contributed by atoms with Gasteiger partial charge in [0.2, 0.25) is 0 Å². The largest absolute Gasteiger partial charge is 0.491 e. The van der Waals surface area contributed by atoms with Gasteiger partial charge in [0.25, 0.3) is 0 Å². The standard InChI is InChI=1S/C21H34O4/c1-3-4-5-6-7-8-9-10-20-11-13-21(14-12-20)25-18-16-23-15-17-24-19(2)22/h11-14H,3-10,15-18H2,1-2H3. The van der Waals surface area contributed by atoms with Crippen LogP contribution in [0.25, 0.3) is 0 Å². The minimum Gasteiger partial charge on any atom is -0.491 e. The Morgan fingerprint density at radius 3 is 2.16 bits per heavy atom. The first kappa shape index (κ1) is 21.5. The molecule has 1 rings (SSSR count). The van der Waals surface area contributed by atoms with Crippen molar-refractivity contribution in [2.75, 3.05) is 26.4 Å². The molecule has 0 amide bonds. The molecule has 1 aromatic rings. The molecule has 0 aliphatic heterocycles. The van der Waals surface area contributed by atoms with Gasteiger partial charge in [-0.25, -0.2) is 0 Å². The van der Waals surface area contributed by atoms with E-state index in [9.17, 15) is 4.79 Å². The molecule has 0 aliphatic carbocycles. The predicted molar refractivity (Wildman–Crippen MR) is 101 cm³/mol. The van der Waals surface area contributed by atoms with Crippen LogP contribution in [0.3, 0.4) is 0 Å². The van der Waals surface area contributed by atoms with Gasteiger partial charge in [-0.1, -0.05) is 57.6 Å². The molecule has 0 atom stereocenters. The van der Waals surface area contributed by atoms with E-state index in [4.69, 9.17) is 14.2 Å². The highest BCUT2D eigenvalue weighted by molar-refractivity contribution is 5.65. The average molecular weight is 350 g/mol. The number of aryl methyl sites for hydroxylation is 1. The molecule has 0 aliphatic rings. The summed E-state index contributed by atoms with van der Waals surface area (Å²) in [5, 5.41) is 0. The lowest BCUT2D eigenvalue weighted by atomic mass is 10.0. The zero-order valence-corrected chi connectivity index (χ0v) is 15.9. The van der Waals surface area contributed by atoms with Crippen molar-refractivity contribution in [1.82, 2.24) is 0 Å². The maximum absolute atomic E-state index is 10.6. The van der Waals surface area contributed by atoms with Gasteiger partial charge in [0.15, 0.2) is 0 Å². The molecule has 0 heterocycles. The number of carbonyl (C=O) groups excluding carboxylic acids is 1. The van der Waals surface area contributed by atoms with Gasteiger partial charge in [-0.05, 0) is 30.5 Å². The van der Waals surface area contributed by atoms with E-state index in [2.05, 4.69) is 19.1 Å². The van der Waals surface area contributed by atoms with Crippen LogP contribution in [-0.4, -0.2) is 32.4 Å². The summed E-state index contributed by atoms with van der Waals surface area (Å²) in [4.78, 5) is 10.6. The Labute approximate surface area is 152 Å². The van der Waals surface area contributed by atoms with E-state index in [1.54, 1.807) is 0 Å². The normalized spacial score (nSPS) is 10.6. The molecule has 0 bridgehead atoms. The molecular formula is C21H34O4. The average Bonchev–Trinajstić information content (AvgIpc) is 2.61. The van der Waals surface area contributed by atoms with Gasteiger partial charge in [0, 0.05) is 6.92 Å². The Morgan fingerprint density at radius 2 is 1.48 bits per heavy atom. The van der Waals surface area contributed by atoms with Gasteiger partial charge in [-0.15, -0.1) is 0 Å². The summed E-state index contributed by atoms with van der Waals surface area (Å²) in [7, 11) is 0. The summed E-state index contributed by atoms with van der Waals surface area (Å²) in [5.74, 6) is 0.586. The molecule has 0 unspecified atom stereocenters.